The molecule has 0 spiro atoms. The Morgan fingerprint density at radius 3 is 1.95 bits per heavy atom. The highest BCUT2D eigenvalue weighted by Gasteiger charge is 2.63. The number of hydrogen-bond acceptors (Lipinski definition) is 6. The molecule has 3 atom stereocenters. The number of imide groups is 1. The van der Waals surface area contributed by atoms with E-state index in [1.807, 2.05) is 55.5 Å². The van der Waals surface area contributed by atoms with Crippen molar-refractivity contribution in [1.82, 2.24) is 4.90 Å². The highest BCUT2D eigenvalue weighted by atomic mass is 35.5. The van der Waals surface area contributed by atoms with E-state index >= 15 is 0 Å². The largest absolute Gasteiger partial charge is 0.495 e. The van der Waals surface area contributed by atoms with Gasteiger partial charge in [0.05, 0.1) is 24.6 Å². The average molecular weight is 587 g/mol. The zero-order chi connectivity index (χ0) is 29.5. The van der Waals surface area contributed by atoms with Crippen molar-refractivity contribution >= 4 is 41.0 Å². The number of esters is 1. The number of amides is 3. The lowest BCUT2D eigenvalue weighted by atomic mass is 9.55. The summed E-state index contributed by atoms with van der Waals surface area (Å²) in [6.45, 7) is 1.37. The zero-order valence-electron chi connectivity index (χ0n) is 23.3. The van der Waals surface area contributed by atoms with Crippen LogP contribution in [0.15, 0.2) is 66.7 Å². The van der Waals surface area contributed by atoms with E-state index in [0.717, 1.165) is 33.6 Å². The van der Waals surface area contributed by atoms with Crippen LogP contribution in [0.25, 0.3) is 0 Å². The van der Waals surface area contributed by atoms with E-state index in [-0.39, 0.29) is 30.1 Å². The molecule has 42 heavy (non-hydrogen) atoms. The van der Waals surface area contributed by atoms with Crippen molar-refractivity contribution in [3.8, 4) is 5.75 Å². The first kappa shape index (κ1) is 28.0. The van der Waals surface area contributed by atoms with Gasteiger partial charge in [0.2, 0.25) is 11.8 Å². The first-order chi connectivity index (χ1) is 20.3. The summed E-state index contributed by atoms with van der Waals surface area (Å²) in [5, 5.41) is 3.03. The number of likely N-dealkylation sites (tertiary alicyclic amines) is 1. The Morgan fingerprint density at radius 1 is 0.905 bits per heavy atom. The fraction of sp³-hybridized carbons (Fsp3) is 0.333. The second kappa shape index (κ2) is 11.2. The molecule has 1 N–H and O–H groups in total. The van der Waals surface area contributed by atoms with Crippen molar-refractivity contribution in [2.45, 2.75) is 44.1 Å². The lowest BCUT2D eigenvalue weighted by Gasteiger charge is -2.45. The molecule has 216 valence electrons. The Balaban J connectivity index is 1.25. The molecule has 0 aromatic heterocycles. The van der Waals surface area contributed by atoms with Gasteiger partial charge in [-0.15, -0.1) is 0 Å². The van der Waals surface area contributed by atoms with Gasteiger partial charge in [0.1, 0.15) is 11.8 Å². The molecule has 1 aliphatic heterocycles. The van der Waals surface area contributed by atoms with Crippen LogP contribution in [0, 0.1) is 11.8 Å². The Kier molecular flexibility index (Phi) is 7.49. The molecule has 3 aromatic carbocycles. The number of anilines is 1. The Hall–Kier alpha value is -4.17. The van der Waals surface area contributed by atoms with Crippen LogP contribution in [0.1, 0.15) is 60.3 Å². The van der Waals surface area contributed by atoms with Crippen molar-refractivity contribution in [1.29, 1.82) is 0 Å². The van der Waals surface area contributed by atoms with Crippen molar-refractivity contribution in [3.05, 3.63) is 94.0 Å². The summed E-state index contributed by atoms with van der Waals surface area (Å²) in [5.41, 5.74) is 4.58. The standard InChI is InChI=1S/C33H31ClN2O6/c1-3-4-13-24(33(40)42-17-26(37)35-23-16-18(34)14-15-25(23)41-2)36-31(38)29-27-19-9-5-6-10-20(19)28(30(29)32(36)39)22-12-8-7-11-21(22)27/h5-12,14-16,24,27-30H,3-4,13,17H2,1-2H3,(H,35,37)/t24-,27?,28?,29-,30-/m1/s1. The number of unbranched alkanes of at least 4 members (excludes halogenated alkanes) is 1. The SMILES string of the molecule is CCCC[C@H](C(=O)OCC(=O)Nc1cc(Cl)ccc1OC)N1C(=O)[C@@H]2C3c4ccccc4C(c4ccccc43)[C@H]2C1=O. The molecule has 2 bridgehead atoms. The topological polar surface area (TPSA) is 102 Å². The van der Waals surface area contributed by atoms with E-state index in [9.17, 15) is 19.2 Å². The van der Waals surface area contributed by atoms with Gasteiger partial charge < -0.3 is 14.8 Å². The average Bonchev–Trinajstić information content (AvgIpc) is 3.26. The van der Waals surface area contributed by atoms with Crippen LogP contribution in [-0.2, 0) is 23.9 Å². The summed E-state index contributed by atoms with van der Waals surface area (Å²) in [6.07, 6.45) is 1.61. The van der Waals surface area contributed by atoms with Crippen LogP contribution in [0.4, 0.5) is 5.69 Å². The Morgan fingerprint density at radius 2 is 1.45 bits per heavy atom. The summed E-state index contributed by atoms with van der Waals surface area (Å²) in [4.78, 5) is 55.6. The van der Waals surface area contributed by atoms with E-state index in [4.69, 9.17) is 21.1 Å². The number of methoxy groups -OCH3 is 1. The van der Waals surface area contributed by atoms with Gasteiger partial charge in [-0.2, -0.15) is 0 Å². The first-order valence-corrected chi connectivity index (χ1v) is 14.6. The van der Waals surface area contributed by atoms with Gasteiger partial charge in [0.15, 0.2) is 6.61 Å². The molecule has 1 fully saturated rings. The lowest BCUT2D eigenvalue weighted by molar-refractivity contribution is -0.160. The van der Waals surface area contributed by atoms with Gasteiger partial charge in [-0.1, -0.05) is 79.9 Å². The van der Waals surface area contributed by atoms with Gasteiger partial charge in [0.25, 0.3) is 5.91 Å². The summed E-state index contributed by atoms with van der Waals surface area (Å²) in [7, 11) is 1.46. The maximum absolute atomic E-state index is 14.1. The minimum absolute atomic E-state index is 0.255. The smallest absolute Gasteiger partial charge is 0.329 e. The predicted octanol–water partition coefficient (Wildman–Crippen LogP) is 5.28. The number of halogens is 1. The van der Waals surface area contributed by atoms with E-state index in [0.29, 0.717) is 22.9 Å². The lowest BCUT2D eigenvalue weighted by Crippen LogP contribution is -2.47. The van der Waals surface area contributed by atoms with Gasteiger partial charge in [-0.25, -0.2) is 4.79 Å². The molecule has 0 radical (unpaired) electrons. The minimum atomic E-state index is -1.12. The van der Waals surface area contributed by atoms with Crippen molar-refractivity contribution in [2.24, 2.45) is 11.8 Å². The summed E-state index contributed by atoms with van der Waals surface area (Å²) >= 11 is 6.05. The summed E-state index contributed by atoms with van der Waals surface area (Å²) in [5.74, 6) is -3.41. The van der Waals surface area contributed by atoms with E-state index in [1.54, 1.807) is 12.1 Å². The monoisotopic (exact) mass is 586 g/mol. The van der Waals surface area contributed by atoms with Crippen LogP contribution in [0.2, 0.25) is 5.02 Å². The predicted molar refractivity (Wildman–Crippen MR) is 156 cm³/mol. The third-order valence-electron chi connectivity index (χ3n) is 8.68. The van der Waals surface area contributed by atoms with Gasteiger partial charge in [-0.05, 0) is 46.9 Å². The second-order valence-corrected chi connectivity index (χ2v) is 11.4. The molecule has 9 heteroatoms. The fourth-order valence-corrected chi connectivity index (χ4v) is 7.13. The number of carbonyl (C=O) groups is 4. The number of nitrogens with zero attached hydrogens (tertiary/aromatic N) is 1. The molecule has 4 aliphatic rings. The molecule has 0 unspecified atom stereocenters. The molecule has 1 saturated heterocycles. The fourth-order valence-electron chi connectivity index (χ4n) is 6.95. The summed E-state index contributed by atoms with van der Waals surface area (Å²) in [6, 6.07) is 19.6. The number of rotatable bonds is 9. The van der Waals surface area contributed by atoms with Gasteiger partial charge in [-0.3, -0.25) is 19.3 Å². The minimum Gasteiger partial charge on any atom is -0.495 e. The molecule has 1 heterocycles. The molecule has 3 amide bonds. The second-order valence-electron chi connectivity index (χ2n) is 11.0. The molecular formula is C33H31ClN2O6. The number of hydrogen-bond donors (Lipinski definition) is 1. The van der Waals surface area contributed by atoms with Crippen LogP contribution < -0.4 is 10.1 Å². The van der Waals surface area contributed by atoms with Crippen molar-refractivity contribution < 1.29 is 28.7 Å². The molecule has 3 aromatic rings. The third-order valence-corrected chi connectivity index (χ3v) is 8.91. The van der Waals surface area contributed by atoms with Crippen LogP contribution in [-0.4, -0.2) is 48.3 Å². The summed E-state index contributed by atoms with van der Waals surface area (Å²) < 4.78 is 10.7. The van der Waals surface area contributed by atoms with E-state index in [2.05, 4.69) is 5.32 Å². The highest BCUT2D eigenvalue weighted by Crippen LogP contribution is 2.61. The number of nitrogens with one attached hydrogen (secondary N) is 1. The maximum atomic E-state index is 14.1. The maximum Gasteiger partial charge on any atom is 0.329 e. The van der Waals surface area contributed by atoms with Crippen molar-refractivity contribution in [3.63, 3.8) is 0 Å². The molecule has 7 rings (SSSR count). The van der Waals surface area contributed by atoms with Crippen LogP contribution in [0.5, 0.6) is 5.75 Å². The molecule has 0 saturated carbocycles. The first-order valence-electron chi connectivity index (χ1n) is 14.2. The van der Waals surface area contributed by atoms with E-state index < -0.39 is 36.4 Å². The van der Waals surface area contributed by atoms with Gasteiger partial charge in [0, 0.05) is 16.9 Å². The van der Waals surface area contributed by atoms with Gasteiger partial charge >= 0.3 is 5.97 Å². The normalized spacial score (nSPS) is 22.2. The molecule has 8 nitrogen and oxygen atoms in total. The molecule has 3 aliphatic carbocycles. The number of benzene rings is 3. The Bertz CT molecular complexity index is 1470. The van der Waals surface area contributed by atoms with Crippen LogP contribution in [0.3, 0.4) is 0 Å². The third kappa shape index (κ3) is 4.54. The van der Waals surface area contributed by atoms with Crippen LogP contribution >= 0.6 is 11.6 Å². The number of carbonyl (C=O) groups excluding carboxylic acids is 4. The van der Waals surface area contributed by atoms with E-state index in [1.165, 1.54) is 13.2 Å². The highest BCUT2D eigenvalue weighted by molar-refractivity contribution is 6.31. The van der Waals surface area contributed by atoms with Crippen molar-refractivity contribution in [2.75, 3.05) is 19.0 Å². The zero-order valence-corrected chi connectivity index (χ0v) is 24.1. The number of ether oxygens (including phenoxy) is 2. The Labute approximate surface area is 248 Å². The molecular weight excluding hydrogens is 556 g/mol. The quantitative estimate of drug-likeness (QED) is 0.270.